The second-order valence-electron chi connectivity index (χ2n) is 7.87. The lowest BCUT2D eigenvalue weighted by molar-refractivity contribution is 0.00578. The summed E-state index contributed by atoms with van der Waals surface area (Å²) in [6.45, 7) is 15.8. The summed E-state index contributed by atoms with van der Waals surface area (Å²) in [7, 11) is -0.719. The van der Waals surface area contributed by atoms with E-state index < -0.39 is 23.9 Å². The molecule has 3 rings (SSSR count). The highest BCUT2D eigenvalue weighted by Crippen LogP contribution is 2.36. The Morgan fingerprint density at radius 1 is 1.04 bits per heavy atom. The molecule has 6 heteroatoms. The van der Waals surface area contributed by atoms with Crippen molar-refractivity contribution in [2.24, 2.45) is 0 Å². The molecule has 1 aliphatic rings. The number of rotatable bonds is 4. The Labute approximate surface area is 155 Å². The number of hydrogen-bond acceptors (Lipinski definition) is 5. The molecule has 0 radical (unpaired) electrons. The third kappa shape index (κ3) is 2.95. The quantitative estimate of drug-likeness (QED) is 0.621. The van der Waals surface area contributed by atoms with E-state index in [1.807, 2.05) is 46.8 Å². The molecule has 1 aliphatic heterocycles. The molecular formula is C20H28BNO4. The van der Waals surface area contributed by atoms with Crippen molar-refractivity contribution in [3.63, 3.8) is 0 Å². The number of fused-ring (bicyclic) bond motifs is 1. The van der Waals surface area contributed by atoms with Crippen LogP contribution < -0.4 is 16.0 Å². The van der Waals surface area contributed by atoms with Gasteiger partial charge >= 0.3 is 12.7 Å². The van der Waals surface area contributed by atoms with E-state index in [0.29, 0.717) is 11.0 Å². The topological polar surface area (TPSA) is 51.9 Å². The normalized spacial score (nSPS) is 18.5. The van der Waals surface area contributed by atoms with Crippen molar-refractivity contribution in [3.8, 4) is 0 Å². The lowest BCUT2D eigenvalue weighted by Gasteiger charge is -2.32. The molecule has 0 N–H and O–H groups in total. The average Bonchev–Trinajstić information content (AvgIpc) is 2.75. The first-order valence-electron chi connectivity index (χ1n) is 9.29. The van der Waals surface area contributed by atoms with Crippen molar-refractivity contribution < 1.29 is 13.7 Å². The lowest BCUT2D eigenvalue weighted by Crippen LogP contribution is -2.45. The predicted molar refractivity (Wildman–Crippen MR) is 106 cm³/mol. The maximum absolute atomic E-state index is 12.7. The van der Waals surface area contributed by atoms with Crippen molar-refractivity contribution in [1.82, 2.24) is 0 Å². The van der Waals surface area contributed by atoms with Gasteiger partial charge < -0.3 is 18.6 Å². The van der Waals surface area contributed by atoms with Crippen molar-refractivity contribution >= 4 is 29.2 Å². The molecule has 0 saturated carbocycles. The van der Waals surface area contributed by atoms with Crippen LogP contribution in [-0.4, -0.2) is 31.4 Å². The minimum Gasteiger partial charge on any atom is -0.423 e. The zero-order valence-corrected chi connectivity index (χ0v) is 16.8. The summed E-state index contributed by atoms with van der Waals surface area (Å²) in [5.41, 5.74) is 1.54. The second kappa shape index (κ2) is 6.43. The van der Waals surface area contributed by atoms with Gasteiger partial charge in [-0.1, -0.05) is 0 Å². The summed E-state index contributed by atoms with van der Waals surface area (Å²) >= 11 is 0. The van der Waals surface area contributed by atoms with Gasteiger partial charge in [0.1, 0.15) is 5.58 Å². The van der Waals surface area contributed by atoms with Gasteiger partial charge in [0.05, 0.1) is 16.7 Å². The van der Waals surface area contributed by atoms with Crippen molar-refractivity contribution in [1.29, 1.82) is 0 Å². The SMILES string of the molecule is CCN(CC)c1ccc2c(C)c(B3OC(C)(C)C(C)(C)O3)c(=O)oc2c1. The molecule has 2 heterocycles. The van der Waals surface area contributed by atoms with Gasteiger partial charge in [-0.3, -0.25) is 0 Å². The highest BCUT2D eigenvalue weighted by Gasteiger charge is 2.53. The van der Waals surface area contributed by atoms with Gasteiger partial charge in [-0.15, -0.1) is 0 Å². The number of anilines is 1. The Balaban J connectivity index is 2.10. The maximum atomic E-state index is 12.7. The Morgan fingerprint density at radius 2 is 1.62 bits per heavy atom. The third-order valence-electron chi connectivity index (χ3n) is 5.81. The molecule has 0 unspecified atom stereocenters. The Bertz CT molecular complexity index is 867. The monoisotopic (exact) mass is 357 g/mol. The summed E-state index contributed by atoms with van der Waals surface area (Å²) in [6.07, 6.45) is 0. The van der Waals surface area contributed by atoms with Crippen LogP contribution in [0.3, 0.4) is 0 Å². The molecule has 0 aliphatic carbocycles. The Kier molecular flexibility index (Phi) is 4.70. The Morgan fingerprint density at radius 3 is 2.15 bits per heavy atom. The zero-order valence-electron chi connectivity index (χ0n) is 16.8. The predicted octanol–water partition coefficient (Wildman–Crippen LogP) is 3.25. The van der Waals surface area contributed by atoms with E-state index >= 15 is 0 Å². The summed E-state index contributed by atoms with van der Waals surface area (Å²) in [4.78, 5) is 15.0. The van der Waals surface area contributed by atoms with Gasteiger partial charge in [0.15, 0.2) is 0 Å². The van der Waals surface area contributed by atoms with Crippen LogP contribution in [0.2, 0.25) is 0 Å². The molecule has 26 heavy (non-hydrogen) atoms. The van der Waals surface area contributed by atoms with Gasteiger partial charge in [-0.2, -0.15) is 0 Å². The van der Waals surface area contributed by atoms with Gasteiger partial charge in [0.25, 0.3) is 0 Å². The third-order valence-corrected chi connectivity index (χ3v) is 5.81. The standard InChI is InChI=1S/C20H28BNO4/c1-8-22(9-2)14-10-11-15-13(3)17(18(23)24-16(15)12-14)21-25-19(4,5)20(6,7)26-21/h10-12H,8-9H2,1-7H3. The fourth-order valence-electron chi connectivity index (χ4n) is 3.38. The van der Waals surface area contributed by atoms with E-state index in [1.165, 1.54) is 0 Å². The van der Waals surface area contributed by atoms with E-state index in [4.69, 9.17) is 13.7 Å². The second-order valence-corrected chi connectivity index (χ2v) is 7.87. The number of benzene rings is 1. The molecule has 0 spiro atoms. The molecule has 1 aromatic carbocycles. The molecular weight excluding hydrogens is 329 g/mol. The van der Waals surface area contributed by atoms with Gasteiger partial charge in [-0.05, 0) is 66.2 Å². The average molecular weight is 357 g/mol. The van der Waals surface area contributed by atoms with E-state index in [9.17, 15) is 4.79 Å². The van der Waals surface area contributed by atoms with Crippen molar-refractivity contribution in [2.75, 3.05) is 18.0 Å². The zero-order chi connectivity index (χ0) is 19.3. The lowest BCUT2D eigenvalue weighted by atomic mass is 9.76. The molecule has 0 amide bonds. The molecule has 0 atom stereocenters. The minimum absolute atomic E-state index is 0.398. The van der Waals surface area contributed by atoms with Crippen LogP contribution >= 0.6 is 0 Å². The first-order chi connectivity index (χ1) is 12.1. The van der Waals surface area contributed by atoms with E-state index in [-0.39, 0.29) is 0 Å². The van der Waals surface area contributed by atoms with Crippen LogP contribution in [0.5, 0.6) is 0 Å². The van der Waals surface area contributed by atoms with Crippen LogP contribution in [0.15, 0.2) is 27.4 Å². The van der Waals surface area contributed by atoms with Gasteiger partial charge in [-0.25, -0.2) is 4.79 Å². The molecule has 0 bridgehead atoms. The Hall–Kier alpha value is -1.79. The van der Waals surface area contributed by atoms with Crippen LogP contribution in [0.1, 0.15) is 47.1 Å². The molecule has 1 aromatic heterocycles. The highest BCUT2D eigenvalue weighted by molar-refractivity contribution is 6.62. The van der Waals surface area contributed by atoms with Crippen LogP contribution in [-0.2, 0) is 9.31 Å². The van der Waals surface area contributed by atoms with Crippen molar-refractivity contribution in [3.05, 3.63) is 34.2 Å². The maximum Gasteiger partial charge on any atom is 0.502 e. The number of nitrogens with zero attached hydrogens (tertiary/aromatic N) is 1. The smallest absolute Gasteiger partial charge is 0.423 e. The van der Waals surface area contributed by atoms with E-state index in [0.717, 1.165) is 29.7 Å². The molecule has 5 nitrogen and oxygen atoms in total. The largest absolute Gasteiger partial charge is 0.502 e. The summed E-state index contributed by atoms with van der Waals surface area (Å²) < 4.78 is 17.8. The molecule has 2 aromatic rings. The number of hydrogen-bond donors (Lipinski definition) is 0. The summed E-state index contributed by atoms with van der Waals surface area (Å²) in [6, 6.07) is 6.01. The van der Waals surface area contributed by atoms with E-state index in [1.54, 1.807) is 0 Å². The molecule has 140 valence electrons. The molecule has 1 fully saturated rings. The fourth-order valence-corrected chi connectivity index (χ4v) is 3.38. The van der Waals surface area contributed by atoms with Crippen LogP contribution in [0.4, 0.5) is 5.69 Å². The van der Waals surface area contributed by atoms with Gasteiger partial charge in [0, 0.05) is 30.2 Å². The summed E-state index contributed by atoms with van der Waals surface area (Å²) in [5, 5.41) is 0.908. The van der Waals surface area contributed by atoms with Crippen LogP contribution in [0, 0.1) is 6.92 Å². The highest BCUT2D eigenvalue weighted by atomic mass is 16.7. The first kappa shape index (κ1) is 19.0. The van der Waals surface area contributed by atoms with Gasteiger partial charge in [0.2, 0.25) is 0 Å². The van der Waals surface area contributed by atoms with Crippen LogP contribution in [0.25, 0.3) is 11.0 Å². The first-order valence-corrected chi connectivity index (χ1v) is 9.29. The fraction of sp³-hybridized carbons (Fsp3) is 0.550. The van der Waals surface area contributed by atoms with E-state index in [2.05, 4.69) is 24.8 Å². The molecule has 1 saturated heterocycles. The minimum atomic E-state index is -0.719. The van der Waals surface area contributed by atoms with Crippen molar-refractivity contribution in [2.45, 2.75) is 59.7 Å². The summed E-state index contributed by atoms with van der Waals surface area (Å²) in [5.74, 6) is 0. The number of aryl methyl sites for hydroxylation is 1.